The van der Waals surface area contributed by atoms with Crippen LogP contribution in [0.2, 0.25) is 0 Å². The first-order valence-corrected chi connectivity index (χ1v) is 11.0. The molecular formula is C23H42N4O3. The Morgan fingerprint density at radius 2 is 1.83 bits per heavy atom. The maximum Gasteiger partial charge on any atom is 0.195 e. The van der Waals surface area contributed by atoms with Crippen molar-refractivity contribution in [1.82, 2.24) is 10.2 Å². The van der Waals surface area contributed by atoms with Crippen LogP contribution in [0, 0.1) is 0 Å². The molecule has 0 amide bonds. The average Bonchev–Trinajstić information content (AvgIpc) is 2.73. The molecule has 1 unspecified atom stereocenters. The zero-order chi connectivity index (χ0) is 22.2. The van der Waals surface area contributed by atoms with E-state index in [1.54, 1.807) is 7.11 Å². The van der Waals surface area contributed by atoms with E-state index < -0.39 is 0 Å². The van der Waals surface area contributed by atoms with Crippen LogP contribution in [0.4, 0.5) is 5.69 Å². The molecule has 1 rings (SSSR count). The van der Waals surface area contributed by atoms with Crippen molar-refractivity contribution >= 4 is 11.6 Å². The quantitative estimate of drug-likeness (QED) is 0.256. The topological polar surface area (TPSA) is 67.4 Å². The minimum atomic E-state index is 0.163. The van der Waals surface area contributed by atoms with Gasteiger partial charge in [0, 0.05) is 45.1 Å². The summed E-state index contributed by atoms with van der Waals surface area (Å²) in [7, 11) is 3.84. The third-order valence-electron chi connectivity index (χ3n) is 4.74. The van der Waals surface area contributed by atoms with Crippen molar-refractivity contribution < 1.29 is 14.2 Å². The number of likely N-dealkylation sites (N-methyl/N-ethyl adjacent to an activating group) is 1. The molecule has 0 saturated carbocycles. The predicted octanol–water partition coefficient (Wildman–Crippen LogP) is 3.61. The summed E-state index contributed by atoms with van der Waals surface area (Å²) in [5, 5.41) is 6.83. The van der Waals surface area contributed by atoms with Gasteiger partial charge in [-0.2, -0.15) is 0 Å². The number of methoxy groups -OCH3 is 1. The van der Waals surface area contributed by atoms with Crippen LogP contribution in [-0.4, -0.2) is 76.6 Å². The molecule has 0 heterocycles. The molecule has 1 aromatic carbocycles. The summed E-state index contributed by atoms with van der Waals surface area (Å²) in [6.07, 6.45) is 2.17. The van der Waals surface area contributed by atoms with Gasteiger partial charge in [-0.05, 0) is 64.9 Å². The first-order chi connectivity index (χ1) is 14.5. The van der Waals surface area contributed by atoms with Gasteiger partial charge < -0.3 is 29.7 Å². The van der Waals surface area contributed by atoms with E-state index in [-0.39, 0.29) is 6.10 Å². The van der Waals surface area contributed by atoms with E-state index in [0.717, 1.165) is 43.3 Å². The fourth-order valence-electron chi connectivity index (χ4n) is 2.65. The lowest BCUT2D eigenvalue weighted by Crippen LogP contribution is -2.39. The molecule has 0 fully saturated rings. The molecule has 30 heavy (non-hydrogen) atoms. The lowest BCUT2D eigenvalue weighted by Gasteiger charge is -2.24. The van der Waals surface area contributed by atoms with Crippen LogP contribution in [0.3, 0.4) is 0 Å². The Morgan fingerprint density at radius 3 is 2.47 bits per heavy atom. The van der Waals surface area contributed by atoms with E-state index in [4.69, 9.17) is 19.2 Å². The average molecular weight is 423 g/mol. The highest BCUT2D eigenvalue weighted by molar-refractivity contribution is 5.93. The fourth-order valence-corrected chi connectivity index (χ4v) is 2.65. The molecule has 0 aliphatic heterocycles. The van der Waals surface area contributed by atoms with Gasteiger partial charge in [-0.25, -0.2) is 0 Å². The molecule has 172 valence electrons. The molecule has 0 aromatic heterocycles. The summed E-state index contributed by atoms with van der Waals surface area (Å²) in [5.41, 5.74) is 0.976. The first-order valence-electron chi connectivity index (χ1n) is 11.0. The Balaban J connectivity index is 2.58. The van der Waals surface area contributed by atoms with Crippen LogP contribution in [0.15, 0.2) is 29.3 Å². The second-order valence-electron chi connectivity index (χ2n) is 7.67. The van der Waals surface area contributed by atoms with Crippen molar-refractivity contribution in [3.05, 3.63) is 24.3 Å². The Labute approximate surface area is 183 Å². The smallest absolute Gasteiger partial charge is 0.195 e. The van der Waals surface area contributed by atoms with Gasteiger partial charge in [0.05, 0.1) is 19.3 Å². The molecule has 0 radical (unpaired) electrons. The third-order valence-corrected chi connectivity index (χ3v) is 4.74. The minimum absolute atomic E-state index is 0.163. The SMILES string of the molecule is CCC(C)N(C)CCNC(=NCCCOCCOC)Nc1ccc(OC(C)C)cc1. The Morgan fingerprint density at radius 1 is 1.10 bits per heavy atom. The van der Waals surface area contributed by atoms with E-state index in [2.05, 4.69) is 36.4 Å². The first kappa shape index (κ1) is 26.2. The number of aliphatic imine (C=N–C) groups is 1. The van der Waals surface area contributed by atoms with Crippen molar-refractivity contribution in [2.45, 2.75) is 52.7 Å². The van der Waals surface area contributed by atoms with E-state index >= 15 is 0 Å². The van der Waals surface area contributed by atoms with Gasteiger partial charge in [0.2, 0.25) is 0 Å². The predicted molar refractivity (Wildman–Crippen MR) is 126 cm³/mol. The third kappa shape index (κ3) is 12.0. The van der Waals surface area contributed by atoms with E-state index in [9.17, 15) is 0 Å². The molecule has 7 nitrogen and oxygen atoms in total. The van der Waals surface area contributed by atoms with Crippen LogP contribution < -0.4 is 15.4 Å². The van der Waals surface area contributed by atoms with Crippen LogP contribution in [0.5, 0.6) is 5.75 Å². The summed E-state index contributed by atoms with van der Waals surface area (Å²) in [6.45, 7) is 12.9. The molecule has 1 atom stereocenters. The van der Waals surface area contributed by atoms with E-state index in [1.807, 2.05) is 38.1 Å². The Hall–Kier alpha value is -1.83. The Kier molecular flexibility index (Phi) is 13.9. The second kappa shape index (κ2) is 15.9. The Bertz CT molecular complexity index is 578. The molecule has 0 saturated heterocycles. The molecular weight excluding hydrogens is 380 g/mol. The van der Waals surface area contributed by atoms with Crippen molar-refractivity contribution in [1.29, 1.82) is 0 Å². The lowest BCUT2D eigenvalue weighted by atomic mass is 10.2. The van der Waals surface area contributed by atoms with Gasteiger partial charge in [0.1, 0.15) is 5.75 Å². The second-order valence-corrected chi connectivity index (χ2v) is 7.67. The van der Waals surface area contributed by atoms with E-state index in [1.165, 1.54) is 0 Å². The highest BCUT2D eigenvalue weighted by atomic mass is 16.5. The number of guanidine groups is 1. The number of nitrogens with zero attached hydrogens (tertiary/aromatic N) is 2. The van der Waals surface area contributed by atoms with Crippen molar-refractivity contribution in [2.24, 2.45) is 4.99 Å². The number of hydrogen-bond donors (Lipinski definition) is 2. The largest absolute Gasteiger partial charge is 0.491 e. The highest BCUT2D eigenvalue weighted by Gasteiger charge is 2.07. The summed E-state index contributed by atoms with van der Waals surface area (Å²) >= 11 is 0. The van der Waals surface area contributed by atoms with Crippen LogP contribution in [0.1, 0.15) is 40.5 Å². The number of anilines is 1. The fraction of sp³-hybridized carbons (Fsp3) is 0.696. The summed E-state index contributed by atoms with van der Waals surface area (Å²) in [5.74, 6) is 1.65. The highest BCUT2D eigenvalue weighted by Crippen LogP contribution is 2.16. The molecule has 0 bridgehead atoms. The van der Waals surface area contributed by atoms with Crippen molar-refractivity contribution in [3.8, 4) is 5.75 Å². The molecule has 2 N–H and O–H groups in total. The van der Waals surface area contributed by atoms with Gasteiger partial charge >= 0.3 is 0 Å². The molecule has 0 aliphatic rings. The summed E-state index contributed by atoms with van der Waals surface area (Å²) < 4.78 is 16.2. The molecule has 0 spiro atoms. The molecule has 7 heteroatoms. The number of rotatable bonds is 15. The van der Waals surface area contributed by atoms with Crippen LogP contribution >= 0.6 is 0 Å². The van der Waals surface area contributed by atoms with Crippen molar-refractivity contribution in [2.75, 3.05) is 58.9 Å². The van der Waals surface area contributed by atoms with Gasteiger partial charge in [-0.1, -0.05) is 6.92 Å². The maximum absolute atomic E-state index is 5.72. The lowest BCUT2D eigenvalue weighted by molar-refractivity contribution is 0.0702. The molecule has 0 aliphatic carbocycles. The number of nitrogens with one attached hydrogen (secondary N) is 2. The van der Waals surface area contributed by atoms with Gasteiger partial charge in [0.25, 0.3) is 0 Å². The number of hydrogen-bond acceptors (Lipinski definition) is 5. The van der Waals surface area contributed by atoms with E-state index in [0.29, 0.717) is 32.4 Å². The molecule has 1 aromatic rings. The number of ether oxygens (including phenoxy) is 3. The zero-order valence-electron chi connectivity index (χ0n) is 19.7. The maximum atomic E-state index is 5.72. The van der Waals surface area contributed by atoms with Crippen LogP contribution in [0.25, 0.3) is 0 Å². The van der Waals surface area contributed by atoms with Crippen LogP contribution in [-0.2, 0) is 9.47 Å². The minimum Gasteiger partial charge on any atom is -0.491 e. The zero-order valence-corrected chi connectivity index (χ0v) is 19.7. The summed E-state index contributed by atoms with van der Waals surface area (Å²) in [6, 6.07) is 8.53. The number of benzene rings is 1. The monoisotopic (exact) mass is 422 g/mol. The van der Waals surface area contributed by atoms with Gasteiger partial charge in [-0.3, -0.25) is 4.99 Å². The summed E-state index contributed by atoms with van der Waals surface area (Å²) in [4.78, 5) is 7.06. The normalized spacial score (nSPS) is 13.0. The van der Waals surface area contributed by atoms with Gasteiger partial charge in [0.15, 0.2) is 5.96 Å². The van der Waals surface area contributed by atoms with Crippen molar-refractivity contribution in [3.63, 3.8) is 0 Å². The van der Waals surface area contributed by atoms with Gasteiger partial charge in [-0.15, -0.1) is 0 Å². The standard InChI is InChI=1S/C23H42N4O3/c1-7-20(4)27(5)15-14-25-23(24-13-8-16-29-18-17-28-6)26-21-9-11-22(12-10-21)30-19(2)3/h9-12,19-20H,7-8,13-18H2,1-6H3,(H2,24,25,26).